The Balaban J connectivity index is 1.73. The number of cyclic esters (lactones) is 1. The minimum atomic E-state index is -0.338. The van der Waals surface area contributed by atoms with Gasteiger partial charge in [0.15, 0.2) is 0 Å². The maximum Gasteiger partial charge on any atom is 0.414 e. The predicted octanol–water partition coefficient (Wildman–Crippen LogP) is 2.46. The molecule has 1 saturated heterocycles. The van der Waals surface area contributed by atoms with Crippen LogP contribution in [0.5, 0.6) is 5.75 Å². The Morgan fingerprint density at radius 1 is 1.27 bits per heavy atom. The summed E-state index contributed by atoms with van der Waals surface area (Å²) in [5.74, 6) is 0.629. The molecule has 1 unspecified atom stereocenters. The number of methoxy groups -OCH3 is 1. The van der Waals surface area contributed by atoms with E-state index in [9.17, 15) is 9.59 Å². The van der Waals surface area contributed by atoms with Crippen molar-refractivity contribution in [3.8, 4) is 5.75 Å². The minimum Gasteiger partial charge on any atom is -0.497 e. The second-order valence-electron chi connectivity index (χ2n) is 6.35. The number of hydrogen-bond donors (Lipinski definition) is 0. The van der Waals surface area contributed by atoms with Crippen molar-refractivity contribution in [2.45, 2.75) is 19.0 Å². The van der Waals surface area contributed by atoms with E-state index in [1.165, 1.54) is 0 Å². The zero-order valence-electron chi connectivity index (χ0n) is 14.4. The van der Waals surface area contributed by atoms with E-state index in [1.54, 1.807) is 41.4 Å². The van der Waals surface area contributed by atoms with Crippen molar-refractivity contribution < 1.29 is 19.1 Å². The maximum absolute atomic E-state index is 12.9. The van der Waals surface area contributed by atoms with Gasteiger partial charge in [0, 0.05) is 31.0 Å². The Bertz CT molecular complexity index is 840. The van der Waals surface area contributed by atoms with Crippen molar-refractivity contribution in [2.24, 2.45) is 0 Å². The molecule has 2 aliphatic rings. The first-order valence-electron chi connectivity index (χ1n) is 8.49. The number of anilines is 1. The van der Waals surface area contributed by atoms with E-state index in [2.05, 4.69) is 4.98 Å². The van der Waals surface area contributed by atoms with Crippen LogP contribution in [0.15, 0.2) is 42.7 Å². The molecule has 0 spiro atoms. The number of rotatable bonds is 2. The number of amides is 2. The lowest BCUT2D eigenvalue weighted by Gasteiger charge is -2.32. The van der Waals surface area contributed by atoms with Gasteiger partial charge in [0.2, 0.25) is 0 Å². The first-order chi connectivity index (χ1) is 12.7. The van der Waals surface area contributed by atoms with E-state index >= 15 is 0 Å². The number of hydrogen-bond acceptors (Lipinski definition) is 5. The smallest absolute Gasteiger partial charge is 0.414 e. The third-order valence-electron chi connectivity index (χ3n) is 4.82. The molecule has 7 heteroatoms. The summed E-state index contributed by atoms with van der Waals surface area (Å²) in [4.78, 5) is 32.6. The van der Waals surface area contributed by atoms with E-state index < -0.39 is 0 Å². The summed E-state index contributed by atoms with van der Waals surface area (Å²) in [6, 6.07) is 8.88. The van der Waals surface area contributed by atoms with Crippen LogP contribution < -0.4 is 9.64 Å². The molecule has 1 fully saturated rings. The number of nitrogens with zero attached hydrogens (tertiary/aromatic N) is 3. The van der Waals surface area contributed by atoms with Crippen molar-refractivity contribution in [1.82, 2.24) is 9.88 Å². The molecule has 0 aliphatic carbocycles. The molecule has 0 radical (unpaired) electrons. The van der Waals surface area contributed by atoms with Gasteiger partial charge in [-0.05, 0) is 42.3 Å². The molecule has 7 nitrogen and oxygen atoms in total. The molecule has 26 heavy (non-hydrogen) atoms. The lowest BCUT2D eigenvalue weighted by atomic mass is 10.0. The second kappa shape index (κ2) is 6.67. The van der Waals surface area contributed by atoms with E-state index in [0.717, 1.165) is 11.3 Å². The average Bonchev–Trinajstić information content (AvgIpc) is 3.03. The summed E-state index contributed by atoms with van der Waals surface area (Å²) in [7, 11) is 1.59. The van der Waals surface area contributed by atoms with Crippen LogP contribution >= 0.6 is 0 Å². The van der Waals surface area contributed by atoms with Crippen LogP contribution in [0, 0.1) is 0 Å². The first kappa shape index (κ1) is 16.4. The maximum atomic E-state index is 12.9. The molecular weight excluding hydrogens is 334 g/mol. The Hall–Kier alpha value is -3.09. The average molecular weight is 353 g/mol. The van der Waals surface area contributed by atoms with Crippen molar-refractivity contribution >= 4 is 17.7 Å². The molecule has 0 N–H and O–H groups in total. The molecule has 2 aliphatic heterocycles. The number of ether oxygens (including phenoxy) is 2. The Morgan fingerprint density at radius 3 is 2.85 bits per heavy atom. The summed E-state index contributed by atoms with van der Waals surface area (Å²) >= 11 is 0. The topological polar surface area (TPSA) is 72.0 Å². The van der Waals surface area contributed by atoms with Gasteiger partial charge in [0.25, 0.3) is 5.91 Å². The molecule has 1 aromatic heterocycles. The third kappa shape index (κ3) is 2.85. The van der Waals surface area contributed by atoms with Crippen LogP contribution in [0.2, 0.25) is 0 Å². The summed E-state index contributed by atoms with van der Waals surface area (Å²) in [6.07, 6.45) is 3.54. The van der Waals surface area contributed by atoms with E-state index in [1.807, 2.05) is 18.2 Å². The fraction of sp³-hybridized carbons (Fsp3) is 0.316. The van der Waals surface area contributed by atoms with Gasteiger partial charge in [-0.1, -0.05) is 0 Å². The van der Waals surface area contributed by atoms with Crippen molar-refractivity contribution in [2.75, 3.05) is 25.2 Å². The highest BCUT2D eigenvalue weighted by Gasteiger charge is 2.37. The largest absolute Gasteiger partial charge is 0.497 e. The van der Waals surface area contributed by atoms with Gasteiger partial charge < -0.3 is 14.4 Å². The quantitative estimate of drug-likeness (QED) is 0.829. The fourth-order valence-electron chi connectivity index (χ4n) is 3.46. The number of carbonyl (C=O) groups is 2. The number of fused-ring (bicyclic) bond motifs is 3. The first-order valence-corrected chi connectivity index (χ1v) is 8.49. The number of aromatic nitrogens is 1. The van der Waals surface area contributed by atoms with Crippen molar-refractivity contribution in [3.05, 3.63) is 53.9 Å². The summed E-state index contributed by atoms with van der Waals surface area (Å²) < 4.78 is 10.6. The molecule has 0 bridgehead atoms. The number of pyridine rings is 1. The standard InChI is InChI=1S/C19H19N3O4/c1-25-16-2-3-17-14(10-16)11-21(18(23)13-4-7-20-8-5-13)9-6-15-12-26-19(24)22(15)17/h2-5,7-8,10,15H,6,9,11-12H2,1H3. The molecule has 4 rings (SSSR count). The molecule has 2 amide bonds. The van der Waals surface area contributed by atoms with E-state index in [4.69, 9.17) is 9.47 Å². The lowest BCUT2D eigenvalue weighted by molar-refractivity contribution is 0.0734. The molecule has 134 valence electrons. The Labute approximate surface area is 151 Å². The summed E-state index contributed by atoms with van der Waals surface area (Å²) in [5.41, 5.74) is 2.22. The monoisotopic (exact) mass is 353 g/mol. The van der Waals surface area contributed by atoms with E-state index in [-0.39, 0.29) is 18.0 Å². The van der Waals surface area contributed by atoms with Gasteiger partial charge in [-0.15, -0.1) is 0 Å². The lowest BCUT2D eigenvalue weighted by Crippen LogP contribution is -2.42. The third-order valence-corrected chi connectivity index (χ3v) is 4.82. The van der Waals surface area contributed by atoms with Gasteiger partial charge in [0.05, 0.1) is 18.8 Å². The molecule has 2 aromatic rings. The Kier molecular flexibility index (Phi) is 4.20. The van der Waals surface area contributed by atoms with Crippen LogP contribution in [0.1, 0.15) is 22.3 Å². The molecular formula is C19H19N3O4. The highest BCUT2D eigenvalue weighted by atomic mass is 16.6. The van der Waals surface area contributed by atoms with Gasteiger partial charge in [-0.25, -0.2) is 4.79 Å². The summed E-state index contributed by atoms with van der Waals surface area (Å²) in [5, 5.41) is 0. The zero-order valence-corrected chi connectivity index (χ0v) is 14.4. The zero-order chi connectivity index (χ0) is 18.1. The van der Waals surface area contributed by atoms with E-state index in [0.29, 0.717) is 37.4 Å². The van der Waals surface area contributed by atoms with Crippen molar-refractivity contribution in [3.63, 3.8) is 0 Å². The summed E-state index contributed by atoms with van der Waals surface area (Å²) in [6.45, 7) is 1.27. The van der Waals surface area contributed by atoms with Crippen LogP contribution in [0.3, 0.4) is 0 Å². The van der Waals surface area contributed by atoms with Crippen LogP contribution in [-0.4, -0.2) is 48.2 Å². The molecule has 3 heterocycles. The molecule has 1 aromatic carbocycles. The Morgan fingerprint density at radius 2 is 2.08 bits per heavy atom. The molecule has 1 atom stereocenters. The van der Waals surface area contributed by atoms with Crippen LogP contribution in [-0.2, 0) is 11.3 Å². The minimum absolute atomic E-state index is 0.0557. The fourth-order valence-corrected chi connectivity index (χ4v) is 3.46. The van der Waals surface area contributed by atoms with Gasteiger partial charge >= 0.3 is 6.09 Å². The predicted molar refractivity (Wildman–Crippen MR) is 94.2 cm³/mol. The second-order valence-corrected chi connectivity index (χ2v) is 6.35. The van der Waals surface area contributed by atoms with Crippen LogP contribution in [0.25, 0.3) is 0 Å². The number of carbonyl (C=O) groups excluding carboxylic acids is 2. The highest BCUT2D eigenvalue weighted by molar-refractivity contribution is 5.95. The SMILES string of the molecule is COc1ccc2c(c1)CN(C(=O)c1ccncc1)CCC1COC(=O)N21. The highest BCUT2D eigenvalue weighted by Crippen LogP contribution is 2.34. The number of benzene rings is 1. The van der Waals surface area contributed by atoms with Gasteiger partial charge in [-0.3, -0.25) is 14.7 Å². The molecule has 0 saturated carbocycles. The van der Waals surface area contributed by atoms with Gasteiger partial charge in [0.1, 0.15) is 12.4 Å². The van der Waals surface area contributed by atoms with Crippen molar-refractivity contribution in [1.29, 1.82) is 0 Å². The van der Waals surface area contributed by atoms with Crippen LogP contribution in [0.4, 0.5) is 10.5 Å². The van der Waals surface area contributed by atoms with Gasteiger partial charge in [-0.2, -0.15) is 0 Å². The normalized spacial score (nSPS) is 19.1.